The maximum absolute atomic E-state index is 6.17. The van der Waals surface area contributed by atoms with Gasteiger partial charge in [-0.2, -0.15) is 0 Å². The average Bonchev–Trinajstić information content (AvgIpc) is 3.16. The molecule has 0 amide bonds. The van der Waals surface area contributed by atoms with Crippen molar-refractivity contribution in [1.29, 1.82) is 0 Å². The van der Waals surface area contributed by atoms with Gasteiger partial charge in [-0.15, -0.1) is 0 Å². The van der Waals surface area contributed by atoms with Crippen LogP contribution >= 0.6 is 0 Å². The van der Waals surface area contributed by atoms with E-state index in [0.717, 1.165) is 5.46 Å². The Bertz CT molecular complexity index is 1400. The van der Waals surface area contributed by atoms with Crippen LogP contribution in [0, 0.1) is 0 Å². The van der Waals surface area contributed by atoms with Crippen molar-refractivity contribution in [2.24, 2.45) is 0 Å². The summed E-state index contributed by atoms with van der Waals surface area (Å²) in [5.74, 6) is 0. The van der Waals surface area contributed by atoms with Crippen LogP contribution in [0.25, 0.3) is 43.7 Å². The Hall–Kier alpha value is -3.00. The van der Waals surface area contributed by atoms with E-state index in [9.17, 15) is 0 Å². The fourth-order valence-corrected chi connectivity index (χ4v) is 5.12. The van der Waals surface area contributed by atoms with E-state index in [1.165, 1.54) is 54.8 Å². The molecule has 1 N–H and O–H groups in total. The monoisotopic (exact) mass is 343 g/mol. The van der Waals surface area contributed by atoms with Crippen LogP contribution in [0.2, 0.25) is 0 Å². The molecule has 126 valence electrons. The Balaban J connectivity index is 1.95. The average molecular weight is 343 g/mol. The molecule has 0 spiro atoms. The summed E-state index contributed by atoms with van der Waals surface area (Å²) in [6, 6.07) is 23.8. The zero-order valence-corrected chi connectivity index (χ0v) is 15.4. The van der Waals surface area contributed by atoms with Crippen LogP contribution in [0.15, 0.2) is 66.7 Å². The second kappa shape index (κ2) is 4.83. The topological polar surface area (TPSA) is 15.8 Å². The van der Waals surface area contributed by atoms with E-state index >= 15 is 0 Å². The van der Waals surface area contributed by atoms with Gasteiger partial charge in [0.1, 0.15) is 7.85 Å². The number of H-pyrrole nitrogens is 1. The summed E-state index contributed by atoms with van der Waals surface area (Å²) in [5, 5.41) is 5.25. The van der Waals surface area contributed by atoms with Crippen LogP contribution in [0.4, 0.5) is 0 Å². The van der Waals surface area contributed by atoms with Crippen LogP contribution in [0.3, 0.4) is 0 Å². The second-order valence-electron chi connectivity index (χ2n) is 8.15. The summed E-state index contributed by atoms with van der Waals surface area (Å²) >= 11 is 0. The summed E-state index contributed by atoms with van der Waals surface area (Å²) in [4.78, 5) is 3.74. The van der Waals surface area contributed by atoms with Gasteiger partial charge in [0.2, 0.25) is 0 Å². The Morgan fingerprint density at radius 1 is 0.815 bits per heavy atom. The predicted octanol–water partition coefficient (Wildman–Crippen LogP) is 5.57. The molecule has 2 radical (unpaired) electrons. The molecular formula is C25H18BN. The predicted molar refractivity (Wildman–Crippen MR) is 116 cm³/mol. The molecule has 0 bridgehead atoms. The summed E-state index contributed by atoms with van der Waals surface area (Å²) in [7, 11) is 6.17. The Morgan fingerprint density at radius 3 is 2.33 bits per heavy atom. The van der Waals surface area contributed by atoms with Gasteiger partial charge in [-0.25, -0.2) is 0 Å². The molecule has 1 aromatic heterocycles. The maximum Gasteiger partial charge on any atom is 0.113 e. The van der Waals surface area contributed by atoms with Crippen LogP contribution in [0.5, 0.6) is 0 Å². The molecular weight excluding hydrogens is 325 g/mol. The molecule has 1 aliphatic carbocycles. The van der Waals surface area contributed by atoms with Crippen LogP contribution < -0.4 is 5.46 Å². The van der Waals surface area contributed by atoms with Gasteiger partial charge in [0.05, 0.1) is 5.52 Å². The summed E-state index contributed by atoms with van der Waals surface area (Å²) < 4.78 is 0. The third-order valence-corrected chi connectivity index (χ3v) is 6.28. The molecule has 0 saturated heterocycles. The van der Waals surface area contributed by atoms with E-state index in [-0.39, 0.29) is 5.41 Å². The summed E-state index contributed by atoms with van der Waals surface area (Å²) in [5.41, 5.74) is 8.52. The number of hydrogen-bond acceptors (Lipinski definition) is 0. The third-order valence-electron chi connectivity index (χ3n) is 6.28. The summed E-state index contributed by atoms with van der Waals surface area (Å²) in [6.07, 6.45) is 0. The number of benzene rings is 4. The molecule has 1 heterocycles. The fourth-order valence-electron chi connectivity index (χ4n) is 5.12. The van der Waals surface area contributed by atoms with Crippen LogP contribution in [-0.4, -0.2) is 12.8 Å². The molecule has 0 aliphatic heterocycles. The third kappa shape index (κ3) is 1.76. The first-order valence-electron chi connectivity index (χ1n) is 9.43. The zero-order valence-electron chi connectivity index (χ0n) is 15.4. The van der Waals surface area contributed by atoms with Crippen molar-refractivity contribution in [2.45, 2.75) is 19.3 Å². The van der Waals surface area contributed by atoms with Gasteiger partial charge in [-0.05, 0) is 39.1 Å². The normalized spacial score (nSPS) is 14.7. The van der Waals surface area contributed by atoms with Crippen molar-refractivity contribution in [2.75, 3.05) is 0 Å². The lowest BCUT2D eigenvalue weighted by molar-refractivity contribution is 0.666. The molecule has 5 aromatic rings. The van der Waals surface area contributed by atoms with Crippen molar-refractivity contribution in [3.63, 3.8) is 0 Å². The van der Waals surface area contributed by atoms with E-state index in [0.29, 0.717) is 0 Å². The first-order chi connectivity index (χ1) is 13.1. The lowest BCUT2D eigenvalue weighted by atomic mass is 9.79. The SMILES string of the molecule is [B]c1ccc2c(c1)C(C)(C)c1c-2c2ccccc2c2c1[nH]c1ccccc12. The standard InChI is InChI=1S/C25H18BN/c1-25(2)19-13-14(26)11-12-17(19)21-15-7-3-4-8-16(15)22-18-9-5-6-10-20(18)27-24(22)23(21)25/h3-13,27H,1-2H3. The molecule has 2 heteroatoms. The number of rotatable bonds is 0. The van der Waals surface area contributed by atoms with Gasteiger partial charge in [-0.3, -0.25) is 0 Å². The Morgan fingerprint density at radius 2 is 1.52 bits per heavy atom. The molecule has 27 heavy (non-hydrogen) atoms. The molecule has 0 atom stereocenters. The van der Waals surface area contributed by atoms with Crippen molar-refractivity contribution in [1.82, 2.24) is 4.98 Å². The van der Waals surface area contributed by atoms with Gasteiger partial charge in [0.15, 0.2) is 0 Å². The summed E-state index contributed by atoms with van der Waals surface area (Å²) in [6.45, 7) is 4.63. The van der Waals surface area contributed by atoms with E-state index in [1.54, 1.807) is 0 Å². The fraction of sp³-hybridized carbons (Fsp3) is 0.120. The van der Waals surface area contributed by atoms with E-state index < -0.39 is 0 Å². The van der Waals surface area contributed by atoms with Gasteiger partial charge in [-0.1, -0.05) is 80.0 Å². The Kier molecular flexibility index (Phi) is 2.70. The molecule has 0 unspecified atom stereocenters. The van der Waals surface area contributed by atoms with Gasteiger partial charge in [0, 0.05) is 21.7 Å². The molecule has 0 fully saturated rings. The maximum atomic E-state index is 6.17. The number of aromatic amines is 1. The molecule has 6 rings (SSSR count). The molecule has 1 nitrogen and oxygen atoms in total. The van der Waals surface area contributed by atoms with Crippen molar-refractivity contribution >= 4 is 45.9 Å². The Labute approximate surface area is 159 Å². The lowest BCUT2D eigenvalue weighted by Crippen LogP contribution is -2.18. The van der Waals surface area contributed by atoms with Gasteiger partial charge in [0.25, 0.3) is 0 Å². The highest BCUT2D eigenvalue weighted by atomic mass is 14.7. The van der Waals surface area contributed by atoms with Crippen molar-refractivity contribution in [3.05, 3.63) is 77.9 Å². The first-order valence-corrected chi connectivity index (χ1v) is 9.43. The number of fused-ring (bicyclic) bond motifs is 10. The number of hydrogen-bond donors (Lipinski definition) is 1. The first kappa shape index (κ1) is 15.1. The second-order valence-corrected chi connectivity index (χ2v) is 8.15. The smallest absolute Gasteiger partial charge is 0.113 e. The van der Waals surface area contributed by atoms with E-state index in [2.05, 4.69) is 79.5 Å². The van der Waals surface area contributed by atoms with Gasteiger partial charge < -0.3 is 4.98 Å². The van der Waals surface area contributed by atoms with E-state index in [4.69, 9.17) is 7.85 Å². The largest absolute Gasteiger partial charge is 0.354 e. The minimum absolute atomic E-state index is 0.108. The van der Waals surface area contributed by atoms with Crippen molar-refractivity contribution < 1.29 is 0 Å². The number of aromatic nitrogens is 1. The van der Waals surface area contributed by atoms with Crippen molar-refractivity contribution in [3.8, 4) is 11.1 Å². The number of nitrogens with one attached hydrogen (secondary N) is 1. The number of para-hydroxylation sites is 1. The lowest BCUT2D eigenvalue weighted by Gasteiger charge is -2.23. The van der Waals surface area contributed by atoms with Crippen LogP contribution in [0.1, 0.15) is 25.0 Å². The zero-order chi connectivity index (χ0) is 18.3. The quantitative estimate of drug-likeness (QED) is 0.354. The highest BCUT2D eigenvalue weighted by Gasteiger charge is 2.39. The van der Waals surface area contributed by atoms with Crippen LogP contribution in [-0.2, 0) is 5.41 Å². The minimum Gasteiger partial charge on any atom is -0.354 e. The molecule has 4 aromatic carbocycles. The minimum atomic E-state index is -0.108. The molecule has 0 saturated carbocycles. The van der Waals surface area contributed by atoms with Gasteiger partial charge >= 0.3 is 0 Å². The highest BCUT2D eigenvalue weighted by Crippen LogP contribution is 2.54. The molecule has 1 aliphatic rings. The van der Waals surface area contributed by atoms with E-state index in [1.807, 2.05) is 6.07 Å². The highest BCUT2D eigenvalue weighted by molar-refractivity contribution is 6.33.